The smallest absolute Gasteiger partial charge is 0.246 e. The summed E-state index contributed by atoms with van der Waals surface area (Å²) in [6.07, 6.45) is 6.11. The highest BCUT2D eigenvalue weighted by molar-refractivity contribution is 5.75. The predicted octanol–water partition coefficient (Wildman–Crippen LogP) is 2.12. The van der Waals surface area contributed by atoms with Gasteiger partial charge in [0.1, 0.15) is 0 Å². The van der Waals surface area contributed by atoms with Crippen molar-refractivity contribution in [3.05, 3.63) is 0 Å². The van der Waals surface area contributed by atoms with Gasteiger partial charge in [-0.2, -0.15) is 0 Å². The van der Waals surface area contributed by atoms with Gasteiger partial charge in [-0.15, -0.1) is 0 Å². The van der Waals surface area contributed by atoms with Crippen LogP contribution in [0.4, 0.5) is 0 Å². The van der Waals surface area contributed by atoms with Crippen molar-refractivity contribution in [3.63, 3.8) is 0 Å². The van der Waals surface area contributed by atoms with Gasteiger partial charge in [-0.3, -0.25) is 9.63 Å². The predicted molar refractivity (Wildman–Crippen MR) is 51.0 cm³/mol. The zero-order valence-corrected chi connectivity index (χ0v) is 8.42. The molecule has 1 saturated heterocycles. The maximum atomic E-state index is 11.5. The Hall–Kier alpha value is -0.570. The van der Waals surface area contributed by atoms with Crippen LogP contribution in [0.15, 0.2) is 0 Å². The van der Waals surface area contributed by atoms with E-state index in [9.17, 15) is 4.79 Å². The molecule has 1 heterocycles. The molecule has 0 spiro atoms. The van der Waals surface area contributed by atoms with E-state index in [1.54, 1.807) is 5.06 Å². The third-order valence-corrected chi connectivity index (χ3v) is 2.28. The lowest BCUT2D eigenvalue weighted by Crippen LogP contribution is -2.35. The summed E-state index contributed by atoms with van der Waals surface area (Å²) in [6, 6.07) is 0. The van der Waals surface area contributed by atoms with Crippen LogP contribution in [0.2, 0.25) is 0 Å². The van der Waals surface area contributed by atoms with Crippen molar-refractivity contribution in [2.75, 3.05) is 13.2 Å². The Labute approximate surface area is 80.0 Å². The van der Waals surface area contributed by atoms with Gasteiger partial charge in [0.25, 0.3) is 0 Å². The van der Waals surface area contributed by atoms with E-state index in [-0.39, 0.29) is 5.91 Å². The van der Waals surface area contributed by atoms with E-state index in [2.05, 4.69) is 6.92 Å². The monoisotopic (exact) mass is 185 g/mol. The number of hydrogen-bond acceptors (Lipinski definition) is 2. The number of nitrogens with zero attached hydrogens (tertiary/aromatic N) is 1. The number of hydrogen-bond donors (Lipinski definition) is 0. The van der Waals surface area contributed by atoms with Crippen LogP contribution in [0.1, 0.15) is 45.4 Å². The number of carbonyl (C=O) groups excluding carboxylic acids is 1. The first-order valence-corrected chi connectivity index (χ1v) is 5.28. The molecular weight excluding hydrogens is 166 g/mol. The van der Waals surface area contributed by atoms with E-state index < -0.39 is 0 Å². The molecule has 0 aromatic heterocycles. The molecule has 0 radical (unpaired) electrons. The summed E-state index contributed by atoms with van der Waals surface area (Å²) in [4.78, 5) is 16.7. The van der Waals surface area contributed by atoms with Crippen LogP contribution in [-0.4, -0.2) is 24.1 Å². The number of hydroxylamine groups is 2. The highest BCUT2D eigenvalue weighted by Crippen LogP contribution is 2.09. The molecule has 3 nitrogen and oxygen atoms in total. The van der Waals surface area contributed by atoms with E-state index in [1.807, 2.05) is 0 Å². The minimum Gasteiger partial charge on any atom is -0.273 e. The number of carbonyl (C=O) groups is 1. The topological polar surface area (TPSA) is 29.5 Å². The van der Waals surface area contributed by atoms with Crippen LogP contribution in [0.3, 0.4) is 0 Å². The molecule has 3 heteroatoms. The van der Waals surface area contributed by atoms with E-state index >= 15 is 0 Å². The SMILES string of the molecule is CCCCCC(=O)N1CCCCO1. The summed E-state index contributed by atoms with van der Waals surface area (Å²) in [5.41, 5.74) is 0. The molecule has 13 heavy (non-hydrogen) atoms. The van der Waals surface area contributed by atoms with E-state index in [4.69, 9.17) is 4.84 Å². The van der Waals surface area contributed by atoms with Crippen molar-refractivity contribution in [2.45, 2.75) is 45.4 Å². The molecule has 0 saturated carbocycles. The van der Waals surface area contributed by atoms with Crippen LogP contribution in [0.25, 0.3) is 0 Å². The van der Waals surface area contributed by atoms with Gasteiger partial charge in [-0.25, -0.2) is 5.06 Å². The molecule has 0 atom stereocenters. The molecule has 1 fully saturated rings. The minimum absolute atomic E-state index is 0.160. The third kappa shape index (κ3) is 3.77. The Kier molecular flexibility index (Phi) is 4.83. The van der Waals surface area contributed by atoms with Crippen LogP contribution < -0.4 is 0 Å². The third-order valence-electron chi connectivity index (χ3n) is 2.28. The Balaban J connectivity index is 2.13. The van der Waals surface area contributed by atoms with E-state index in [0.29, 0.717) is 13.0 Å². The second-order valence-electron chi connectivity index (χ2n) is 3.49. The summed E-state index contributed by atoms with van der Waals surface area (Å²) in [5, 5.41) is 1.54. The van der Waals surface area contributed by atoms with Crippen molar-refractivity contribution < 1.29 is 9.63 Å². The van der Waals surface area contributed by atoms with Crippen LogP contribution in [-0.2, 0) is 9.63 Å². The number of amides is 1. The molecule has 76 valence electrons. The van der Waals surface area contributed by atoms with E-state index in [1.165, 1.54) is 0 Å². The maximum Gasteiger partial charge on any atom is 0.246 e. The molecule has 1 aliphatic rings. The van der Waals surface area contributed by atoms with Gasteiger partial charge >= 0.3 is 0 Å². The fraction of sp³-hybridized carbons (Fsp3) is 0.900. The van der Waals surface area contributed by atoms with Crippen LogP contribution >= 0.6 is 0 Å². The zero-order chi connectivity index (χ0) is 9.52. The van der Waals surface area contributed by atoms with Gasteiger partial charge in [-0.1, -0.05) is 19.8 Å². The molecule has 1 aliphatic heterocycles. The normalized spacial score (nSPS) is 17.5. The largest absolute Gasteiger partial charge is 0.273 e. The Morgan fingerprint density at radius 2 is 2.23 bits per heavy atom. The standard InChI is InChI=1S/C10H19NO2/c1-2-3-4-7-10(12)11-8-5-6-9-13-11/h2-9H2,1H3. The van der Waals surface area contributed by atoms with Crippen molar-refractivity contribution in [2.24, 2.45) is 0 Å². The van der Waals surface area contributed by atoms with Crippen molar-refractivity contribution >= 4 is 5.91 Å². The summed E-state index contributed by atoms with van der Waals surface area (Å²) < 4.78 is 0. The summed E-state index contributed by atoms with van der Waals surface area (Å²) in [6.45, 7) is 3.63. The Morgan fingerprint density at radius 1 is 1.38 bits per heavy atom. The van der Waals surface area contributed by atoms with Crippen molar-refractivity contribution in [1.29, 1.82) is 0 Å². The summed E-state index contributed by atoms with van der Waals surface area (Å²) in [5.74, 6) is 0.160. The molecule has 1 rings (SSSR count). The average Bonchev–Trinajstić information content (AvgIpc) is 2.19. The molecule has 0 aromatic rings. The lowest BCUT2D eigenvalue weighted by Gasteiger charge is -2.25. The molecule has 0 aliphatic carbocycles. The highest BCUT2D eigenvalue weighted by Gasteiger charge is 2.16. The molecule has 0 N–H and O–H groups in total. The second kappa shape index (κ2) is 5.97. The van der Waals surface area contributed by atoms with Gasteiger partial charge in [0.2, 0.25) is 5.91 Å². The van der Waals surface area contributed by atoms with Gasteiger partial charge < -0.3 is 0 Å². The average molecular weight is 185 g/mol. The Morgan fingerprint density at radius 3 is 2.85 bits per heavy atom. The molecular formula is C10H19NO2. The van der Waals surface area contributed by atoms with Gasteiger partial charge in [-0.05, 0) is 19.3 Å². The van der Waals surface area contributed by atoms with Crippen LogP contribution in [0, 0.1) is 0 Å². The van der Waals surface area contributed by atoms with Gasteiger partial charge in [0, 0.05) is 13.0 Å². The Bertz CT molecular complexity index is 153. The molecule has 0 bridgehead atoms. The summed E-state index contributed by atoms with van der Waals surface area (Å²) >= 11 is 0. The number of unbranched alkanes of at least 4 members (excludes halogenated alkanes) is 2. The van der Waals surface area contributed by atoms with Crippen LogP contribution in [0.5, 0.6) is 0 Å². The van der Waals surface area contributed by atoms with Gasteiger partial charge in [0.15, 0.2) is 0 Å². The number of rotatable bonds is 4. The first-order valence-electron chi connectivity index (χ1n) is 5.28. The maximum absolute atomic E-state index is 11.5. The lowest BCUT2D eigenvalue weighted by atomic mass is 10.2. The fourth-order valence-electron chi connectivity index (χ4n) is 1.44. The van der Waals surface area contributed by atoms with E-state index in [0.717, 1.165) is 38.6 Å². The highest BCUT2D eigenvalue weighted by atomic mass is 16.7. The molecule has 0 unspecified atom stereocenters. The first-order chi connectivity index (χ1) is 6.34. The lowest BCUT2D eigenvalue weighted by molar-refractivity contribution is -0.197. The molecule has 0 aromatic carbocycles. The molecule has 1 amide bonds. The first kappa shape index (κ1) is 10.5. The second-order valence-corrected chi connectivity index (χ2v) is 3.49. The zero-order valence-electron chi connectivity index (χ0n) is 8.42. The van der Waals surface area contributed by atoms with Crippen molar-refractivity contribution in [1.82, 2.24) is 5.06 Å². The van der Waals surface area contributed by atoms with Gasteiger partial charge in [0.05, 0.1) is 6.61 Å². The summed E-state index contributed by atoms with van der Waals surface area (Å²) in [7, 11) is 0. The quantitative estimate of drug-likeness (QED) is 0.628. The minimum atomic E-state index is 0.160. The fourth-order valence-corrected chi connectivity index (χ4v) is 1.44. The van der Waals surface area contributed by atoms with Crippen molar-refractivity contribution in [3.8, 4) is 0 Å².